The van der Waals surface area contributed by atoms with Gasteiger partial charge in [0.15, 0.2) is 8.32 Å². The first-order chi connectivity index (χ1) is 14.5. The Labute approximate surface area is 194 Å². The van der Waals surface area contributed by atoms with Gasteiger partial charge in [0.2, 0.25) is 0 Å². The van der Waals surface area contributed by atoms with Gasteiger partial charge in [0.1, 0.15) is 6.10 Å². The van der Waals surface area contributed by atoms with Gasteiger partial charge in [-0.05, 0) is 62.1 Å². The fourth-order valence-corrected chi connectivity index (χ4v) is 6.11. The third-order valence-corrected chi connectivity index (χ3v) is 12.3. The fourth-order valence-electron chi connectivity index (χ4n) is 4.80. The average Bonchev–Trinajstić information content (AvgIpc) is 2.96. The Morgan fingerprint density at radius 3 is 2.68 bits per heavy atom. The largest absolute Gasteiger partial charge is 0.495 e. The first kappa shape index (κ1) is 26.4. The predicted molar refractivity (Wildman–Crippen MR) is 138 cm³/mol. The molecule has 3 heteroatoms. The van der Waals surface area contributed by atoms with Gasteiger partial charge >= 0.3 is 0 Å². The summed E-state index contributed by atoms with van der Waals surface area (Å²) in [5.74, 6) is 2.72. The number of hydrogen-bond donors (Lipinski definition) is 0. The molecule has 2 aliphatic rings. The van der Waals surface area contributed by atoms with Crippen molar-refractivity contribution in [3.63, 3.8) is 0 Å². The fraction of sp³-hybridized carbons (Fsp3) is 0.786. The van der Waals surface area contributed by atoms with Crippen LogP contribution in [0.1, 0.15) is 92.4 Å². The summed E-state index contributed by atoms with van der Waals surface area (Å²) in [6.45, 7) is 20.7. The zero-order valence-corrected chi connectivity index (χ0v) is 22.6. The van der Waals surface area contributed by atoms with Crippen molar-refractivity contribution in [2.45, 2.75) is 123 Å². The molecule has 1 heterocycles. The van der Waals surface area contributed by atoms with E-state index in [0.29, 0.717) is 23.9 Å². The van der Waals surface area contributed by atoms with Crippen molar-refractivity contribution >= 4 is 8.32 Å². The van der Waals surface area contributed by atoms with E-state index >= 15 is 0 Å². The van der Waals surface area contributed by atoms with Gasteiger partial charge in [0.25, 0.3) is 0 Å². The van der Waals surface area contributed by atoms with Gasteiger partial charge in [0.05, 0.1) is 11.9 Å². The first-order valence-electron chi connectivity index (χ1n) is 12.9. The van der Waals surface area contributed by atoms with Gasteiger partial charge in [-0.25, -0.2) is 0 Å². The highest BCUT2D eigenvalue weighted by molar-refractivity contribution is 6.74. The van der Waals surface area contributed by atoms with Crippen molar-refractivity contribution < 1.29 is 9.16 Å². The van der Waals surface area contributed by atoms with E-state index in [4.69, 9.17) is 9.16 Å². The van der Waals surface area contributed by atoms with Gasteiger partial charge < -0.3 is 9.16 Å². The van der Waals surface area contributed by atoms with Crippen LogP contribution in [0, 0.1) is 17.8 Å². The second kappa shape index (κ2) is 11.9. The van der Waals surface area contributed by atoms with Crippen LogP contribution < -0.4 is 0 Å². The van der Waals surface area contributed by atoms with Crippen molar-refractivity contribution in [3.05, 3.63) is 36.6 Å². The molecular weight excluding hydrogens is 396 g/mol. The Balaban J connectivity index is 2.17. The summed E-state index contributed by atoms with van der Waals surface area (Å²) >= 11 is 0. The summed E-state index contributed by atoms with van der Waals surface area (Å²) in [4.78, 5) is 0. The number of hydrogen-bond acceptors (Lipinski definition) is 2. The maximum Gasteiger partial charge on any atom is 0.192 e. The molecule has 0 spiro atoms. The van der Waals surface area contributed by atoms with E-state index in [9.17, 15) is 0 Å². The lowest BCUT2D eigenvalue weighted by Gasteiger charge is -2.39. The van der Waals surface area contributed by atoms with Crippen molar-refractivity contribution in [2.75, 3.05) is 0 Å². The molecule has 0 radical (unpaired) electrons. The molecule has 0 aromatic rings. The minimum Gasteiger partial charge on any atom is -0.495 e. The third-order valence-electron chi connectivity index (χ3n) is 7.84. The third kappa shape index (κ3) is 7.93. The quantitative estimate of drug-likeness (QED) is 0.211. The van der Waals surface area contributed by atoms with E-state index in [0.717, 1.165) is 44.3 Å². The molecule has 178 valence electrons. The van der Waals surface area contributed by atoms with Crippen molar-refractivity contribution in [1.29, 1.82) is 0 Å². The van der Waals surface area contributed by atoms with E-state index < -0.39 is 8.32 Å². The zero-order chi connectivity index (χ0) is 23.1. The second-order valence-electron chi connectivity index (χ2n) is 11.5. The van der Waals surface area contributed by atoms with Crippen LogP contribution in [0.3, 0.4) is 0 Å². The lowest BCUT2D eigenvalue weighted by atomic mass is 9.86. The molecule has 1 fully saturated rings. The molecular formula is C28H50O2Si. The highest BCUT2D eigenvalue weighted by Crippen LogP contribution is 2.44. The standard InChI is InChI=1S/C28H50O2Si/c1-9-10-13-17-24(30-31(7,8)28(4,5)6)19-20-25-22(2)21-27-26(25)18-15-12-11-14-16-23(3)29-27/h12,15,19-20,22,24-27H,3,9-11,13-14,16-18,21H2,1-2,4-8H3/b15-12-,20-19+/t22-,24+,25+,26-,27+/m1/s1. The Morgan fingerprint density at radius 2 is 2.00 bits per heavy atom. The normalized spacial score (nSPS) is 30.1. The average molecular weight is 447 g/mol. The van der Waals surface area contributed by atoms with Gasteiger partial charge in [-0.2, -0.15) is 0 Å². The summed E-state index contributed by atoms with van der Waals surface area (Å²) in [6.07, 6.45) is 20.7. The Bertz CT molecular complexity index is 613. The van der Waals surface area contributed by atoms with Crippen molar-refractivity contribution in [2.24, 2.45) is 17.8 Å². The van der Waals surface area contributed by atoms with E-state index in [1.54, 1.807) is 0 Å². The zero-order valence-electron chi connectivity index (χ0n) is 21.6. The molecule has 5 atom stereocenters. The lowest BCUT2D eigenvalue weighted by molar-refractivity contribution is 0.0720. The van der Waals surface area contributed by atoms with E-state index in [1.807, 2.05) is 0 Å². The van der Waals surface area contributed by atoms with E-state index in [2.05, 4.69) is 78.6 Å². The van der Waals surface area contributed by atoms with Crippen molar-refractivity contribution in [1.82, 2.24) is 0 Å². The maximum absolute atomic E-state index is 6.87. The predicted octanol–water partition coefficient (Wildman–Crippen LogP) is 8.81. The molecule has 0 aromatic carbocycles. The molecule has 0 amide bonds. The monoisotopic (exact) mass is 446 g/mol. The molecule has 31 heavy (non-hydrogen) atoms. The summed E-state index contributed by atoms with van der Waals surface area (Å²) in [6, 6.07) is 0. The maximum atomic E-state index is 6.87. The summed E-state index contributed by atoms with van der Waals surface area (Å²) in [5, 5.41) is 0.241. The van der Waals surface area contributed by atoms with E-state index in [1.165, 1.54) is 19.3 Å². The van der Waals surface area contributed by atoms with Crippen LogP contribution in [0.25, 0.3) is 0 Å². The van der Waals surface area contributed by atoms with Crippen LogP contribution in [-0.2, 0) is 9.16 Å². The van der Waals surface area contributed by atoms with Crippen LogP contribution in [0.15, 0.2) is 36.6 Å². The van der Waals surface area contributed by atoms with Gasteiger partial charge in [0, 0.05) is 12.3 Å². The summed E-state index contributed by atoms with van der Waals surface area (Å²) in [7, 11) is -1.79. The van der Waals surface area contributed by atoms with Crippen LogP contribution in [-0.4, -0.2) is 20.5 Å². The summed E-state index contributed by atoms with van der Waals surface area (Å²) in [5.41, 5.74) is 0. The number of rotatable bonds is 8. The van der Waals surface area contributed by atoms with Crippen LogP contribution in [0.2, 0.25) is 18.1 Å². The number of allylic oxidation sites excluding steroid dienone is 4. The van der Waals surface area contributed by atoms with Crippen molar-refractivity contribution in [3.8, 4) is 0 Å². The van der Waals surface area contributed by atoms with E-state index in [-0.39, 0.29) is 11.1 Å². The SMILES string of the molecule is C=C1CCC/C=C\C[C@@H]2[C@@H](/C=C/[C@H](CCCCC)O[Si](C)(C)C(C)(C)C)[C@H](C)C[C@@H]2O1. The van der Waals surface area contributed by atoms with Crippen LogP contribution in [0.5, 0.6) is 0 Å². The molecule has 0 saturated heterocycles. The first-order valence-corrected chi connectivity index (χ1v) is 15.8. The second-order valence-corrected chi connectivity index (χ2v) is 16.3. The molecule has 2 nitrogen and oxygen atoms in total. The topological polar surface area (TPSA) is 18.5 Å². The molecule has 2 rings (SSSR count). The highest BCUT2D eigenvalue weighted by atomic mass is 28.4. The molecule has 0 unspecified atom stereocenters. The molecule has 0 aromatic heterocycles. The molecule has 0 N–H and O–H groups in total. The number of unbranched alkanes of at least 4 members (excludes halogenated alkanes) is 2. The van der Waals surface area contributed by atoms with Crippen LogP contribution in [0.4, 0.5) is 0 Å². The minimum atomic E-state index is -1.79. The van der Waals surface area contributed by atoms with Crippen LogP contribution >= 0.6 is 0 Å². The molecule has 1 saturated carbocycles. The highest BCUT2D eigenvalue weighted by Gasteiger charge is 2.41. The molecule has 1 aliphatic heterocycles. The Kier molecular flexibility index (Phi) is 10.1. The van der Waals surface area contributed by atoms with Gasteiger partial charge in [-0.3, -0.25) is 0 Å². The van der Waals surface area contributed by atoms with Gasteiger partial charge in [-0.15, -0.1) is 0 Å². The summed E-state index contributed by atoms with van der Waals surface area (Å²) < 4.78 is 13.2. The Morgan fingerprint density at radius 1 is 1.26 bits per heavy atom. The smallest absolute Gasteiger partial charge is 0.192 e. The minimum absolute atomic E-state index is 0.240. The molecule has 0 bridgehead atoms. The number of ether oxygens (including phenoxy) is 1. The van der Waals surface area contributed by atoms with Gasteiger partial charge in [-0.1, -0.05) is 84.8 Å². The Hall–Kier alpha value is -0.803. The number of fused-ring (bicyclic) bond motifs is 1. The lowest BCUT2D eigenvalue weighted by Crippen LogP contribution is -2.43. The molecule has 1 aliphatic carbocycles.